The highest BCUT2D eigenvalue weighted by molar-refractivity contribution is 6.30. The van der Waals surface area contributed by atoms with Crippen LogP contribution in [0.1, 0.15) is 37.6 Å². The molecule has 1 heterocycles. The lowest BCUT2D eigenvalue weighted by Gasteiger charge is -2.25. The molecule has 0 atom stereocenters. The normalized spacial score (nSPS) is 15.8. The first-order valence-corrected chi connectivity index (χ1v) is 8.72. The van der Waals surface area contributed by atoms with Crippen molar-refractivity contribution < 1.29 is 9.59 Å². The largest absolute Gasteiger partial charge is 0.337 e. The molecule has 1 saturated heterocycles. The van der Waals surface area contributed by atoms with Gasteiger partial charge in [0.25, 0.3) is 5.91 Å². The Labute approximate surface area is 149 Å². The Kier molecular flexibility index (Phi) is 6.10. The summed E-state index contributed by atoms with van der Waals surface area (Å²) in [6.07, 6.45) is 0.780. The molecule has 5 nitrogen and oxygen atoms in total. The molecule has 1 aliphatic heterocycles. The maximum Gasteiger partial charge on any atom is 0.317 e. The van der Waals surface area contributed by atoms with E-state index in [1.807, 2.05) is 0 Å². The zero-order chi connectivity index (χ0) is 17.7. The number of carbonyl (C=O) groups is 2. The quantitative estimate of drug-likeness (QED) is 0.889. The van der Waals surface area contributed by atoms with Crippen molar-refractivity contribution in [3.8, 4) is 0 Å². The molecule has 1 aromatic rings. The number of nitrogens with zero attached hydrogens (tertiary/aromatic N) is 2. The second-order valence-electron chi connectivity index (χ2n) is 7.36. The monoisotopic (exact) mass is 351 g/mol. The molecule has 6 heteroatoms. The SMILES string of the molecule is CC(C)(C)CNC(=O)N1CCCN(C(=O)c2ccc(Cl)cc2)CC1. The van der Waals surface area contributed by atoms with Crippen LogP contribution in [0, 0.1) is 5.41 Å². The average Bonchev–Trinajstić information content (AvgIpc) is 2.78. The summed E-state index contributed by atoms with van der Waals surface area (Å²) in [5.74, 6) is -0.0105. The Hall–Kier alpha value is -1.75. The van der Waals surface area contributed by atoms with Crippen LogP contribution in [0.15, 0.2) is 24.3 Å². The van der Waals surface area contributed by atoms with Gasteiger partial charge in [-0.25, -0.2) is 4.79 Å². The molecule has 0 saturated carbocycles. The molecule has 24 heavy (non-hydrogen) atoms. The summed E-state index contributed by atoms with van der Waals surface area (Å²) in [5.41, 5.74) is 0.683. The van der Waals surface area contributed by atoms with Crippen LogP contribution in [-0.4, -0.2) is 54.5 Å². The van der Waals surface area contributed by atoms with E-state index in [0.29, 0.717) is 43.3 Å². The fourth-order valence-electron chi connectivity index (χ4n) is 2.55. The van der Waals surface area contributed by atoms with E-state index in [0.717, 1.165) is 6.42 Å². The molecule has 0 unspecified atom stereocenters. The van der Waals surface area contributed by atoms with Crippen LogP contribution in [0.3, 0.4) is 0 Å². The molecule has 1 N–H and O–H groups in total. The van der Waals surface area contributed by atoms with E-state index in [-0.39, 0.29) is 17.4 Å². The average molecular weight is 352 g/mol. The minimum atomic E-state index is -0.0503. The van der Waals surface area contributed by atoms with Crippen molar-refractivity contribution in [3.63, 3.8) is 0 Å². The fraction of sp³-hybridized carbons (Fsp3) is 0.556. The second-order valence-corrected chi connectivity index (χ2v) is 7.80. The molecule has 132 valence electrons. The van der Waals surface area contributed by atoms with Crippen molar-refractivity contribution in [1.82, 2.24) is 15.1 Å². The highest BCUT2D eigenvalue weighted by Gasteiger charge is 2.23. The predicted molar refractivity (Wildman–Crippen MR) is 96.4 cm³/mol. The van der Waals surface area contributed by atoms with E-state index in [9.17, 15) is 9.59 Å². The summed E-state index contributed by atoms with van der Waals surface area (Å²) in [6.45, 7) is 9.31. The van der Waals surface area contributed by atoms with E-state index in [1.54, 1.807) is 34.1 Å². The molecular weight excluding hydrogens is 326 g/mol. The number of hydrogen-bond donors (Lipinski definition) is 1. The number of rotatable bonds is 2. The number of carbonyl (C=O) groups excluding carboxylic acids is 2. The standard InChI is InChI=1S/C18H26ClN3O2/c1-18(2,3)13-20-17(24)22-10-4-9-21(11-12-22)16(23)14-5-7-15(19)8-6-14/h5-8H,4,9-13H2,1-3H3,(H,20,24). The van der Waals surface area contributed by atoms with Crippen molar-refractivity contribution >= 4 is 23.5 Å². The molecule has 0 radical (unpaired) electrons. The van der Waals surface area contributed by atoms with Gasteiger partial charge in [-0.3, -0.25) is 4.79 Å². The van der Waals surface area contributed by atoms with E-state index in [4.69, 9.17) is 11.6 Å². The Morgan fingerprint density at radius 2 is 1.62 bits per heavy atom. The maximum absolute atomic E-state index is 12.6. The van der Waals surface area contributed by atoms with Crippen LogP contribution in [0.25, 0.3) is 0 Å². The van der Waals surface area contributed by atoms with Gasteiger partial charge in [-0.2, -0.15) is 0 Å². The lowest BCUT2D eigenvalue weighted by atomic mass is 9.97. The van der Waals surface area contributed by atoms with Crippen LogP contribution in [0.5, 0.6) is 0 Å². The molecule has 0 bridgehead atoms. The summed E-state index contributed by atoms with van der Waals surface area (Å²) < 4.78 is 0. The molecule has 0 aliphatic carbocycles. The van der Waals surface area contributed by atoms with E-state index < -0.39 is 0 Å². The van der Waals surface area contributed by atoms with Gasteiger partial charge >= 0.3 is 6.03 Å². The van der Waals surface area contributed by atoms with E-state index in [2.05, 4.69) is 26.1 Å². The highest BCUT2D eigenvalue weighted by atomic mass is 35.5. The summed E-state index contributed by atoms with van der Waals surface area (Å²) in [6, 6.07) is 6.87. The van der Waals surface area contributed by atoms with Crippen LogP contribution >= 0.6 is 11.6 Å². The fourth-order valence-corrected chi connectivity index (χ4v) is 2.68. The zero-order valence-electron chi connectivity index (χ0n) is 14.6. The van der Waals surface area contributed by atoms with Gasteiger partial charge in [-0.05, 0) is 36.1 Å². The predicted octanol–water partition coefficient (Wildman–Crippen LogP) is 3.24. The molecule has 2 rings (SSSR count). The first kappa shape index (κ1) is 18.6. The van der Waals surface area contributed by atoms with Gasteiger partial charge in [0.05, 0.1) is 0 Å². The lowest BCUT2D eigenvalue weighted by molar-refractivity contribution is 0.0762. The van der Waals surface area contributed by atoms with Gasteiger partial charge in [0.15, 0.2) is 0 Å². The first-order valence-electron chi connectivity index (χ1n) is 8.34. The molecule has 1 aliphatic rings. The summed E-state index contributed by atoms with van der Waals surface area (Å²) in [7, 11) is 0. The number of benzene rings is 1. The van der Waals surface area contributed by atoms with Crippen LogP contribution in [0.4, 0.5) is 4.79 Å². The Morgan fingerprint density at radius 3 is 2.25 bits per heavy atom. The molecule has 1 aromatic carbocycles. The summed E-state index contributed by atoms with van der Waals surface area (Å²) >= 11 is 5.87. The van der Waals surface area contributed by atoms with Gasteiger partial charge in [0.1, 0.15) is 0 Å². The van der Waals surface area contributed by atoms with Gasteiger partial charge in [-0.1, -0.05) is 32.4 Å². The lowest BCUT2D eigenvalue weighted by Crippen LogP contribution is -2.44. The van der Waals surface area contributed by atoms with Gasteiger partial charge in [0, 0.05) is 43.3 Å². The number of halogens is 1. The Bertz CT molecular complexity index is 581. The zero-order valence-corrected chi connectivity index (χ0v) is 15.4. The third-order valence-electron chi connectivity index (χ3n) is 3.93. The smallest absolute Gasteiger partial charge is 0.317 e. The van der Waals surface area contributed by atoms with Crippen molar-refractivity contribution in [2.24, 2.45) is 5.41 Å². The van der Waals surface area contributed by atoms with Crippen LogP contribution in [-0.2, 0) is 0 Å². The minimum absolute atomic E-state index is 0.0105. The van der Waals surface area contributed by atoms with Gasteiger partial charge in [0.2, 0.25) is 0 Å². The number of amides is 3. The van der Waals surface area contributed by atoms with Crippen LogP contribution in [0.2, 0.25) is 5.02 Å². The molecular formula is C18H26ClN3O2. The van der Waals surface area contributed by atoms with Crippen molar-refractivity contribution in [2.75, 3.05) is 32.7 Å². The summed E-state index contributed by atoms with van der Waals surface area (Å²) in [4.78, 5) is 28.4. The maximum atomic E-state index is 12.6. The molecule has 0 aromatic heterocycles. The Balaban J connectivity index is 1.91. The number of urea groups is 1. The van der Waals surface area contributed by atoms with Gasteiger partial charge < -0.3 is 15.1 Å². The molecule has 0 spiro atoms. The highest BCUT2D eigenvalue weighted by Crippen LogP contribution is 2.14. The summed E-state index contributed by atoms with van der Waals surface area (Å²) in [5, 5.41) is 3.59. The van der Waals surface area contributed by atoms with Crippen molar-refractivity contribution in [1.29, 1.82) is 0 Å². The van der Waals surface area contributed by atoms with Crippen molar-refractivity contribution in [2.45, 2.75) is 27.2 Å². The van der Waals surface area contributed by atoms with Gasteiger partial charge in [-0.15, -0.1) is 0 Å². The molecule has 3 amide bonds. The van der Waals surface area contributed by atoms with Crippen molar-refractivity contribution in [3.05, 3.63) is 34.9 Å². The van der Waals surface area contributed by atoms with Crippen LogP contribution < -0.4 is 5.32 Å². The Morgan fingerprint density at radius 1 is 1.04 bits per heavy atom. The third kappa shape index (κ3) is 5.41. The third-order valence-corrected chi connectivity index (χ3v) is 4.18. The minimum Gasteiger partial charge on any atom is -0.337 e. The van der Waals surface area contributed by atoms with E-state index in [1.165, 1.54) is 0 Å². The topological polar surface area (TPSA) is 52.7 Å². The van der Waals surface area contributed by atoms with E-state index >= 15 is 0 Å². The molecule has 1 fully saturated rings. The number of nitrogens with one attached hydrogen (secondary N) is 1. The number of hydrogen-bond acceptors (Lipinski definition) is 2. The second kappa shape index (κ2) is 7.88. The first-order chi connectivity index (χ1) is 11.3.